The first-order valence-electron chi connectivity index (χ1n) is 9.85. The lowest BCUT2D eigenvalue weighted by Crippen LogP contribution is -2.46. The van der Waals surface area contributed by atoms with Gasteiger partial charge in [0.2, 0.25) is 11.8 Å². The first-order chi connectivity index (χ1) is 14.2. The second-order valence-electron chi connectivity index (χ2n) is 7.55. The van der Waals surface area contributed by atoms with Crippen molar-refractivity contribution in [1.82, 2.24) is 4.90 Å². The third kappa shape index (κ3) is 4.03. The molecule has 0 saturated carbocycles. The van der Waals surface area contributed by atoms with Crippen LogP contribution in [0.15, 0.2) is 36.4 Å². The number of ether oxygens (including phenoxy) is 1. The lowest BCUT2D eigenvalue weighted by Gasteiger charge is -2.23. The Hall–Kier alpha value is -3.29. The SMILES string of the molecule is CC(=O)c1ccccc1NC(=O)[C@H](C)OC(=O)[C@H](C)N1C(=O)[C@H]2CC=CC[C@@H]2C1=O. The number of likely N-dealkylation sites (tertiary alicyclic amines) is 1. The van der Waals surface area contributed by atoms with Gasteiger partial charge in [-0.05, 0) is 45.7 Å². The van der Waals surface area contributed by atoms with Crippen LogP contribution in [0.4, 0.5) is 5.69 Å². The zero-order chi connectivity index (χ0) is 22.0. The molecule has 2 aliphatic rings. The van der Waals surface area contributed by atoms with E-state index in [2.05, 4.69) is 5.32 Å². The normalized spacial score (nSPS) is 22.3. The molecule has 8 heteroatoms. The van der Waals surface area contributed by atoms with Gasteiger partial charge in [-0.2, -0.15) is 0 Å². The molecule has 1 saturated heterocycles. The fraction of sp³-hybridized carbons (Fsp3) is 0.409. The van der Waals surface area contributed by atoms with Crippen molar-refractivity contribution in [1.29, 1.82) is 0 Å². The Balaban J connectivity index is 1.64. The van der Waals surface area contributed by atoms with Crippen LogP contribution in [0.1, 0.15) is 44.0 Å². The van der Waals surface area contributed by atoms with E-state index < -0.39 is 35.9 Å². The minimum absolute atomic E-state index is 0.216. The molecule has 0 aromatic heterocycles. The first kappa shape index (κ1) is 21.4. The van der Waals surface area contributed by atoms with Crippen LogP contribution in [0.5, 0.6) is 0 Å². The molecule has 1 heterocycles. The number of hydrogen-bond acceptors (Lipinski definition) is 6. The van der Waals surface area contributed by atoms with Crippen LogP contribution in [0, 0.1) is 11.8 Å². The number of para-hydroxylation sites is 1. The summed E-state index contributed by atoms with van der Waals surface area (Å²) >= 11 is 0. The van der Waals surface area contributed by atoms with Crippen molar-refractivity contribution in [2.45, 2.75) is 45.8 Å². The van der Waals surface area contributed by atoms with Crippen molar-refractivity contribution >= 4 is 35.2 Å². The van der Waals surface area contributed by atoms with Crippen LogP contribution < -0.4 is 5.32 Å². The minimum Gasteiger partial charge on any atom is -0.451 e. The van der Waals surface area contributed by atoms with Gasteiger partial charge in [-0.3, -0.25) is 24.1 Å². The second kappa shape index (κ2) is 8.61. The molecule has 0 bridgehead atoms. The third-order valence-corrected chi connectivity index (χ3v) is 5.50. The molecule has 0 spiro atoms. The first-order valence-corrected chi connectivity index (χ1v) is 9.85. The largest absolute Gasteiger partial charge is 0.451 e. The number of rotatable bonds is 6. The van der Waals surface area contributed by atoms with Gasteiger partial charge in [-0.15, -0.1) is 0 Å². The Morgan fingerprint density at radius 1 is 1.03 bits per heavy atom. The average Bonchev–Trinajstić information content (AvgIpc) is 2.98. The Kier molecular flexibility index (Phi) is 6.14. The highest BCUT2D eigenvalue weighted by atomic mass is 16.5. The van der Waals surface area contributed by atoms with E-state index in [9.17, 15) is 24.0 Å². The van der Waals surface area contributed by atoms with Crippen molar-refractivity contribution in [3.63, 3.8) is 0 Å². The number of imide groups is 1. The monoisotopic (exact) mass is 412 g/mol. The number of Topliss-reactive ketones (excluding diaryl/α,β-unsaturated/α-hetero) is 1. The van der Waals surface area contributed by atoms with Gasteiger partial charge in [-0.25, -0.2) is 4.79 Å². The summed E-state index contributed by atoms with van der Waals surface area (Å²) in [5, 5.41) is 2.57. The number of nitrogens with one attached hydrogen (secondary N) is 1. The van der Waals surface area contributed by atoms with Crippen LogP contribution in [0.3, 0.4) is 0 Å². The highest BCUT2D eigenvalue weighted by Crippen LogP contribution is 2.36. The summed E-state index contributed by atoms with van der Waals surface area (Å²) in [6, 6.07) is 5.36. The molecule has 1 aliphatic carbocycles. The molecule has 3 rings (SSSR count). The molecule has 1 aliphatic heterocycles. The number of benzene rings is 1. The number of fused-ring (bicyclic) bond motifs is 1. The van der Waals surface area contributed by atoms with Crippen molar-refractivity contribution < 1.29 is 28.7 Å². The Bertz CT molecular complexity index is 911. The number of carbonyl (C=O) groups excluding carboxylic acids is 5. The van der Waals surface area contributed by atoms with Crippen molar-refractivity contribution in [3.05, 3.63) is 42.0 Å². The van der Waals surface area contributed by atoms with Gasteiger partial charge in [0.1, 0.15) is 6.04 Å². The molecule has 4 atom stereocenters. The molecule has 158 valence electrons. The van der Waals surface area contributed by atoms with E-state index >= 15 is 0 Å². The van der Waals surface area contributed by atoms with Crippen LogP contribution in [-0.2, 0) is 23.9 Å². The highest BCUT2D eigenvalue weighted by Gasteiger charge is 2.50. The predicted molar refractivity (Wildman–Crippen MR) is 107 cm³/mol. The number of esters is 1. The molecule has 1 N–H and O–H groups in total. The second-order valence-corrected chi connectivity index (χ2v) is 7.55. The van der Waals surface area contributed by atoms with E-state index in [1.54, 1.807) is 24.3 Å². The molecule has 0 radical (unpaired) electrons. The maximum Gasteiger partial charge on any atom is 0.329 e. The van der Waals surface area contributed by atoms with Gasteiger partial charge < -0.3 is 10.1 Å². The van der Waals surface area contributed by atoms with E-state index in [0.717, 1.165) is 4.90 Å². The van der Waals surface area contributed by atoms with Crippen molar-refractivity contribution in [2.24, 2.45) is 11.8 Å². The van der Waals surface area contributed by atoms with E-state index in [1.165, 1.54) is 20.8 Å². The summed E-state index contributed by atoms with van der Waals surface area (Å²) in [4.78, 5) is 62.9. The summed E-state index contributed by atoms with van der Waals surface area (Å²) in [7, 11) is 0. The lowest BCUT2D eigenvalue weighted by molar-refractivity contribution is -0.163. The molecule has 3 amide bonds. The zero-order valence-corrected chi connectivity index (χ0v) is 17.1. The topological polar surface area (TPSA) is 110 Å². The standard InChI is InChI=1S/C22H24N2O6/c1-12(24-20(27)16-9-4-5-10-17(16)21(24)28)22(29)30-14(3)19(26)23-18-11-7-6-8-15(18)13(2)25/h4-8,11-12,14,16-17H,9-10H2,1-3H3,(H,23,26)/t12-,14-,16-,17-/m0/s1. The average molecular weight is 412 g/mol. The highest BCUT2D eigenvalue weighted by molar-refractivity contribution is 6.08. The number of ketones is 1. The van der Waals surface area contributed by atoms with Crippen LogP contribution >= 0.6 is 0 Å². The minimum atomic E-state index is -1.18. The van der Waals surface area contributed by atoms with Crippen LogP contribution in [0.2, 0.25) is 0 Å². The maximum absolute atomic E-state index is 12.6. The number of hydrogen-bond donors (Lipinski definition) is 1. The van der Waals surface area contributed by atoms with Crippen LogP contribution in [0.25, 0.3) is 0 Å². The van der Waals surface area contributed by atoms with E-state index in [4.69, 9.17) is 4.74 Å². The molecule has 1 fully saturated rings. The molecule has 30 heavy (non-hydrogen) atoms. The molecule has 0 unspecified atom stereocenters. The number of amides is 3. The Morgan fingerprint density at radius 3 is 2.17 bits per heavy atom. The van der Waals surface area contributed by atoms with Gasteiger partial charge in [0, 0.05) is 5.56 Å². The zero-order valence-electron chi connectivity index (χ0n) is 17.1. The van der Waals surface area contributed by atoms with E-state index in [-0.39, 0.29) is 17.6 Å². The fourth-order valence-electron chi connectivity index (χ4n) is 3.77. The molecule has 1 aromatic rings. The molecule has 8 nitrogen and oxygen atoms in total. The van der Waals surface area contributed by atoms with E-state index in [1.807, 2.05) is 12.2 Å². The van der Waals surface area contributed by atoms with Gasteiger partial charge in [0.15, 0.2) is 11.9 Å². The fourth-order valence-corrected chi connectivity index (χ4v) is 3.77. The van der Waals surface area contributed by atoms with Gasteiger partial charge in [0.25, 0.3) is 5.91 Å². The smallest absolute Gasteiger partial charge is 0.329 e. The Labute approximate surface area is 174 Å². The van der Waals surface area contributed by atoms with E-state index in [0.29, 0.717) is 24.1 Å². The maximum atomic E-state index is 12.6. The van der Waals surface area contributed by atoms with Gasteiger partial charge in [-0.1, -0.05) is 24.3 Å². The number of anilines is 1. The van der Waals surface area contributed by atoms with Gasteiger partial charge in [0.05, 0.1) is 17.5 Å². The number of allylic oxidation sites excluding steroid dienone is 2. The summed E-state index contributed by atoms with van der Waals surface area (Å²) in [6.45, 7) is 4.18. The molecule has 1 aromatic carbocycles. The number of carbonyl (C=O) groups is 5. The quantitative estimate of drug-likeness (QED) is 0.332. The summed E-state index contributed by atoms with van der Waals surface area (Å²) in [6.07, 6.45) is 3.49. The summed E-state index contributed by atoms with van der Waals surface area (Å²) in [5.74, 6) is -3.33. The third-order valence-electron chi connectivity index (χ3n) is 5.50. The molecular weight excluding hydrogens is 388 g/mol. The Morgan fingerprint density at radius 2 is 1.60 bits per heavy atom. The number of nitrogens with zero attached hydrogens (tertiary/aromatic N) is 1. The lowest BCUT2D eigenvalue weighted by atomic mass is 9.85. The van der Waals surface area contributed by atoms with Crippen LogP contribution in [-0.4, -0.2) is 46.5 Å². The van der Waals surface area contributed by atoms with Crippen molar-refractivity contribution in [3.8, 4) is 0 Å². The summed E-state index contributed by atoms with van der Waals surface area (Å²) in [5.41, 5.74) is 0.648. The predicted octanol–water partition coefficient (Wildman–Crippen LogP) is 2.10. The van der Waals surface area contributed by atoms with Gasteiger partial charge >= 0.3 is 5.97 Å². The molecular formula is C22H24N2O6. The summed E-state index contributed by atoms with van der Waals surface area (Å²) < 4.78 is 5.21. The van der Waals surface area contributed by atoms with Crippen molar-refractivity contribution in [2.75, 3.05) is 5.32 Å².